The van der Waals surface area contributed by atoms with E-state index in [9.17, 15) is 4.79 Å². The number of nitrogens with zero attached hydrogens (tertiary/aromatic N) is 2. The van der Waals surface area contributed by atoms with Crippen molar-refractivity contribution >= 4 is 6.09 Å². The van der Waals surface area contributed by atoms with E-state index in [1.54, 1.807) is 0 Å². The normalized spacial score (nSPS) is 23.5. The first-order valence-electron chi connectivity index (χ1n) is 12.2. The average molecular weight is 451 g/mol. The number of amides is 1. The Bertz CT molecular complexity index is 942. The third kappa shape index (κ3) is 5.44. The molecule has 0 spiro atoms. The topological polar surface area (TPSA) is 51.2 Å². The Labute approximate surface area is 196 Å². The number of ether oxygens (including phenoxy) is 3. The number of hydrogen-bond acceptors (Lipinski definition) is 5. The lowest BCUT2D eigenvalue weighted by atomic mass is 9.93. The largest absolute Gasteiger partial charge is 0.486 e. The van der Waals surface area contributed by atoms with Gasteiger partial charge < -0.3 is 19.1 Å². The molecule has 6 heteroatoms. The van der Waals surface area contributed by atoms with Gasteiger partial charge in [-0.3, -0.25) is 4.90 Å². The molecule has 0 saturated carbocycles. The first-order chi connectivity index (χ1) is 16.1. The molecule has 0 aromatic heterocycles. The minimum absolute atomic E-state index is 0.0777. The summed E-state index contributed by atoms with van der Waals surface area (Å²) in [7, 11) is 0. The Balaban J connectivity index is 1.06. The zero-order valence-corrected chi connectivity index (χ0v) is 19.4. The van der Waals surface area contributed by atoms with Crippen LogP contribution in [0.4, 0.5) is 4.79 Å². The van der Waals surface area contributed by atoms with Gasteiger partial charge in [0.2, 0.25) is 0 Å². The Kier molecular flexibility index (Phi) is 6.72. The van der Waals surface area contributed by atoms with Gasteiger partial charge in [0.15, 0.2) is 11.5 Å². The standard InChI is InChI=1S/C27H34N2O4/c1-20-7-8-25-26(15-20)33-24(19-31-25)17-28-12-9-21(10-13-28)11-14-29-23(18-32-27(29)30)16-22-5-3-2-4-6-22/h2-8,15,21,23-24H,9-14,16-19H2,1H3. The summed E-state index contributed by atoms with van der Waals surface area (Å²) in [5.41, 5.74) is 2.44. The van der Waals surface area contributed by atoms with Gasteiger partial charge >= 0.3 is 6.09 Å². The van der Waals surface area contributed by atoms with Crippen LogP contribution in [0.3, 0.4) is 0 Å². The smallest absolute Gasteiger partial charge is 0.410 e. The van der Waals surface area contributed by atoms with Crippen molar-refractivity contribution in [2.45, 2.75) is 44.8 Å². The van der Waals surface area contributed by atoms with Crippen molar-refractivity contribution in [3.05, 3.63) is 59.7 Å². The van der Waals surface area contributed by atoms with Crippen LogP contribution in [0.25, 0.3) is 0 Å². The molecule has 6 nitrogen and oxygen atoms in total. The number of cyclic esters (lactones) is 1. The summed E-state index contributed by atoms with van der Waals surface area (Å²) in [6.45, 7) is 7.01. The lowest BCUT2D eigenvalue weighted by Crippen LogP contribution is -2.44. The molecule has 0 N–H and O–H groups in total. The van der Waals surface area contributed by atoms with Crippen LogP contribution in [0, 0.1) is 12.8 Å². The van der Waals surface area contributed by atoms with Crippen molar-refractivity contribution in [2.24, 2.45) is 5.92 Å². The van der Waals surface area contributed by atoms with E-state index in [0.29, 0.717) is 19.1 Å². The van der Waals surface area contributed by atoms with Crippen LogP contribution in [0.2, 0.25) is 0 Å². The van der Waals surface area contributed by atoms with Crippen molar-refractivity contribution in [3.63, 3.8) is 0 Å². The molecule has 2 unspecified atom stereocenters. The van der Waals surface area contributed by atoms with Gasteiger partial charge in [0.1, 0.15) is 19.3 Å². The van der Waals surface area contributed by atoms with E-state index in [1.807, 2.05) is 17.0 Å². The van der Waals surface area contributed by atoms with Crippen LogP contribution < -0.4 is 9.47 Å². The molecule has 3 heterocycles. The van der Waals surface area contributed by atoms with Crippen LogP contribution in [-0.2, 0) is 11.2 Å². The fourth-order valence-electron chi connectivity index (χ4n) is 5.20. The number of likely N-dealkylation sites (tertiary alicyclic amines) is 1. The summed E-state index contributed by atoms with van der Waals surface area (Å²) >= 11 is 0. The van der Waals surface area contributed by atoms with Crippen LogP contribution >= 0.6 is 0 Å². The lowest BCUT2D eigenvalue weighted by molar-refractivity contribution is 0.0465. The summed E-state index contributed by atoms with van der Waals surface area (Å²) in [6, 6.07) is 16.6. The summed E-state index contributed by atoms with van der Waals surface area (Å²) < 4.78 is 17.5. The van der Waals surface area contributed by atoms with Crippen molar-refractivity contribution in [2.75, 3.05) is 39.4 Å². The minimum atomic E-state index is -0.154. The van der Waals surface area contributed by atoms with Crippen LogP contribution in [0.1, 0.15) is 30.4 Å². The van der Waals surface area contributed by atoms with Gasteiger partial charge in [-0.1, -0.05) is 36.4 Å². The van der Waals surface area contributed by atoms with E-state index >= 15 is 0 Å². The molecule has 3 aliphatic heterocycles. The second kappa shape index (κ2) is 10.0. The first-order valence-corrected chi connectivity index (χ1v) is 12.2. The third-order valence-corrected chi connectivity index (χ3v) is 7.15. The zero-order chi connectivity index (χ0) is 22.6. The van der Waals surface area contributed by atoms with E-state index in [4.69, 9.17) is 14.2 Å². The van der Waals surface area contributed by atoms with Crippen LogP contribution in [-0.4, -0.2) is 67.4 Å². The number of hydrogen-bond donors (Lipinski definition) is 0. The summed E-state index contributed by atoms with van der Waals surface area (Å²) in [5.74, 6) is 2.36. The van der Waals surface area contributed by atoms with E-state index in [2.05, 4.69) is 48.2 Å². The third-order valence-electron chi connectivity index (χ3n) is 7.15. The SMILES string of the molecule is Cc1ccc2c(c1)OC(CN1CCC(CCN3C(=O)OCC3Cc3ccccc3)CC1)CO2. The number of aryl methyl sites for hydroxylation is 1. The highest BCUT2D eigenvalue weighted by atomic mass is 16.6. The van der Waals surface area contributed by atoms with Gasteiger partial charge in [0.25, 0.3) is 0 Å². The molecule has 33 heavy (non-hydrogen) atoms. The van der Waals surface area contributed by atoms with E-state index in [-0.39, 0.29) is 18.2 Å². The maximum Gasteiger partial charge on any atom is 0.410 e. The van der Waals surface area contributed by atoms with Crippen molar-refractivity contribution in [1.29, 1.82) is 0 Å². The molecule has 2 saturated heterocycles. The average Bonchev–Trinajstić information content (AvgIpc) is 3.18. The quantitative estimate of drug-likeness (QED) is 0.630. The Hall–Kier alpha value is -2.73. The summed E-state index contributed by atoms with van der Waals surface area (Å²) in [5, 5.41) is 0. The monoisotopic (exact) mass is 450 g/mol. The molecule has 0 radical (unpaired) electrons. The lowest BCUT2D eigenvalue weighted by Gasteiger charge is -2.36. The van der Waals surface area contributed by atoms with Crippen LogP contribution in [0.5, 0.6) is 11.5 Å². The fourth-order valence-corrected chi connectivity index (χ4v) is 5.20. The summed E-state index contributed by atoms with van der Waals surface area (Å²) in [6.07, 6.45) is 4.15. The van der Waals surface area contributed by atoms with Gasteiger partial charge in [-0.2, -0.15) is 0 Å². The maximum atomic E-state index is 12.3. The molecule has 2 aromatic rings. The minimum Gasteiger partial charge on any atom is -0.486 e. The van der Waals surface area contributed by atoms with E-state index < -0.39 is 0 Å². The van der Waals surface area contributed by atoms with Crippen molar-refractivity contribution in [1.82, 2.24) is 9.80 Å². The molecule has 0 bridgehead atoms. The summed E-state index contributed by atoms with van der Waals surface area (Å²) in [4.78, 5) is 16.7. The first kappa shape index (κ1) is 22.1. The number of rotatable bonds is 7. The van der Waals surface area contributed by atoms with Gasteiger partial charge in [0, 0.05) is 13.1 Å². The molecule has 1 amide bonds. The van der Waals surface area contributed by atoms with Crippen molar-refractivity contribution < 1.29 is 19.0 Å². The maximum absolute atomic E-state index is 12.3. The second-order valence-electron chi connectivity index (χ2n) is 9.65. The molecule has 3 aliphatic rings. The molecular formula is C27H34N2O4. The van der Waals surface area contributed by atoms with Gasteiger partial charge in [-0.15, -0.1) is 0 Å². The number of benzene rings is 2. The Morgan fingerprint density at radius 1 is 0.970 bits per heavy atom. The van der Waals surface area contributed by atoms with Gasteiger partial charge in [-0.25, -0.2) is 4.79 Å². The molecule has 0 aliphatic carbocycles. The molecule has 5 rings (SSSR count). The highest BCUT2D eigenvalue weighted by molar-refractivity contribution is 5.70. The highest BCUT2D eigenvalue weighted by Gasteiger charge is 2.33. The molecular weight excluding hydrogens is 416 g/mol. The molecule has 2 aromatic carbocycles. The second-order valence-corrected chi connectivity index (χ2v) is 9.65. The zero-order valence-electron chi connectivity index (χ0n) is 19.4. The Morgan fingerprint density at radius 2 is 1.79 bits per heavy atom. The molecule has 176 valence electrons. The van der Waals surface area contributed by atoms with E-state index in [0.717, 1.165) is 63.4 Å². The van der Waals surface area contributed by atoms with Gasteiger partial charge in [-0.05, 0) is 74.9 Å². The predicted molar refractivity (Wildman–Crippen MR) is 127 cm³/mol. The Morgan fingerprint density at radius 3 is 2.61 bits per heavy atom. The molecule has 2 fully saturated rings. The highest BCUT2D eigenvalue weighted by Crippen LogP contribution is 2.33. The number of piperidine rings is 1. The van der Waals surface area contributed by atoms with E-state index in [1.165, 1.54) is 11.1 Å². The number of fused-ring (bicyclic) bond motifs is 1. The fraction of sp³-hybridized carbons (Fsp3) is 0.519. The van der Waals surface area contributed by atoms with Crippen molar-refractivity contribution in [3.8, 4) is 11.5 Å². The van der Waals surface area contributed by atoms with Crippen LogP contribution in [0.15, 0.2) is 48.5 Å². The molecule has 2 atom stereocenters. The van der Waals surface area contributed by atoms with Gasteiger partial charge in [0.05, 0.1) is 6.04 Å². The number of carbonyl (C=O) groups is 1. The predicted octanol–water partition coefficient (Wildman–Crippen LogP) is 4.30. The number of carbonyl (C=O) groups excluding carboxylic acids is 1.